The van der Waals surface area contributed by atoms with E-state index in [1.54, 1.807) is 0 Å². The van der Waals surface area contributed by atoms with Crippen LogP contribution in [0.15, 0.2) is 18.2 Å². The first-order valence-corrected chi connectivity index (χ1v) is 5.43. The van der Waals surface area contributed by atoms with Crippen molar-refractivity contribution in [2.75, 3.05) is 0 Å². The molecule has 2 heteroatoms. The Labute approximate surface area is 91.7 Å². The molecule has 0 saturated heterocycles. The summed E-state index contributed by atoms with van der Waals surface area (Å²) in [4.78, 5) is 11.9. The Morgan fingerprint density at radius 3 is 2.67 bits per heavy atom. The molecule has 0 aliphatic heterocycles. The normalized spacial score (nSPS) is 12.3. The fourth-order valence-electron chi connectivity index (χ4n) is 1.40. The van der Waals surface area contributed by atoms with Gasteiger partial charge < -0.3 is 5.32 Å². The van der Waals surface area contributed by atoms with Crippen molar-refractivity contribution in [1.82, 2.24) is 5.32 Å². The Kier molecular flexibility index (Phi) is 3.89. The van der Waals surface area contributed by atoms with Crippen molar-refractivity contribution >= 4 is 5.91 Å². The summed E-state index contributed by atoms with van der Waals surface area (Å²) < 4.78 is 0. The van der Waals surface area contributed by atoms with Gasteiger partial charge in [-0.1, -0.05) is 19.1 Å². The first-order chi connectivity index (χ1) is 7.06. The molecule has 1 N–H and O–H groups in total. The molecule has 0 aliphatic carbocycles. The molecular formula is C13H19NO. The van der Waals surface area contributed by atoms with E-state index in [2.05, 4.69) is 12.2 Å². The van der Waals surface area contributed by atoms with Crippen LogP contribution in [0.4, 0.5) is 0 Å². The van der Waals surface area contributed by atoms with Crippen LogP contribution in [0.2, 0.25) is 0 Å². The van der Waals surface area contributed by atoms with Gasteiger partial charge in [0.15, 0.2) is 0 Å². The van der Waals surface area contributed by atoms with Crippen LogP contribution in [0.5, 0.6) is 0 Å². The Bertz CT molecular complexity index is 358. The van der Waals surface area contributed by atoms with E-state index in [9.17, 15) is 4.79 Å². The molecule has 0 saturated carbocycles. The maximum absolute atomic E-state index is 11.9. The maximum atomic E-state index is 11.9. The summed E-state index contributed by atoms with van der Waals surface area (Å²) in [6.45, 7) is 8.09. The van der Waals surface area contributed by atoms with Crippen molar-refractivity contribution < 1.29 is 4.79 Å². The predicted molar refractivity (Wildman–Crippen MR) is 63.1 cm³/mol. The van der Waals surface area contributed by atoms with Gasteiger partial charge in [-0.25, -0.2) is 0 Å². The molecule has 0 aliphatic rings. The third-order valence-corrected chi connectivity index (χ3v) is 2.84. The Balaban J connectivity index is 2.87. The van der Waals surface area contributed by atoms with Crippen molar-refractivity contribution in [2.45, 2.75) is 40.2 Å². The minimum Gasteiger partial charge on any atom is -0.350 e. The fraction of sp³-hybridized carbons (Fsp3) is 0.462. The quantitative estimate of drug-likeness (QED) is 0.807. The van der Waals surface area contributed by atoms with E-state index >= 15 is 0 Å². The Hall–Kier alpha value is -1.31. The molecule has 0 radical (unpaired) electrons. The first-order valence-electron chi connectivity index (χ1n) is 5.43. The molecule has 0 fully saturated rings. The number of amides is 1. The van der Waals surface area contributed by atoms with Gasteiger partial charge in [-0.05, 0) is 44.4 Å². The topological polar surface area (TPSA) is 29.1 Å². The van der Waals surface area contributed by atoms with E-state index in [1.807, 2.05) is 39.0 Å². The molecule has 1 aromatic rings. The Morgan fingerprint density at radius 2 is 2.07 bits per heavy atom. The van der Waals surface area contributed by atoms with Crippen LogP contribution in [0, 0.1) is 13.8 Å². The summed E-state index contributed by atoms with van der Waals surface area (Å²) >= 11 is 0. The number of hydrogen-bond acceptors (Lipinski definition) is 1. The molecule has 0 spiro atoms. The lowest BCUT2D eigenvalue weighted by Gasteiger charge is -2.13. The molecule has 1 atom stereocenters. The second-order valence-electron chi connectivity index (χ2n) is 4.03. The zero-order valence-electron chi connectivity index (χ0n) is 9.92. The molecule has 0 aromatic heterocycles. The van der Waals surface area contributed by atoms with Crippen LogP contribution in [0.1, 0.15) is 41.8 Å². The highest BCUT2D eigenvalue weighted by Crippen LogP contribution is 2.12. The number of rotatable bonds is 3. The number of carbonyl (C=O) groups excluding carboxylic acids is 1. The van der Waals surface area contributed by atoms with Crippen LogP contribution in [0.25, 0.3) is 0 Å². The lowest BCUT2D eigenvalue weighted by atomic mass is 10.0. The van der Waals surface area contributed by atoms with Crippen molar-refractivity contribution in [2.24, 2.45) is 0 Å². The molecule has 1 aromatic carbocycles. The maximum Gasteiger partial charge on any atom is 0.251 e. The largest absolute Gasteiger partial charge is 0.350 e. The van der Waals surface area contributed by atoms with Crippen molar-refractivity contribution in [3.05, 3.63) is 34.9 Å². The van der Waals surface area contributed by atoms with Gasteiger partial charge in [0.1, 0.15) is 0 Å². The summed E-state index contributed by atoms with van der Waals surface area (Å²) in [5, 5.41) is 2.97. The minimum absolute atomic E-state index is 0.0329. The number of hydrogen-bond donors (Lipinski definition) is 1. The smallest absolute Gasteiger partial charge is 0.251 e. The highest BCUT2D eigenvalue weighted by Gasteiger charge is 2.11. The summed E-state index contributed by atoms with van der Waals surface area (Å²) in [6.07, 6.45) is 0.955. The number of benzene rings is 1. The molecule has 0 bridgehead atoms. The van der Waals surface area contributed by atoms with E-state index in [0.717, 1.165) is 23.1 Å². The van der Waals surface area contributed by atoms with E-state index in [4.69, 9.17) is 0 Å². The fourth-order valence-corrected chi connectivity index (χ4v) is 1.40. The van der Waals surface area contributed by atoms with Crippen LogP contribution in [-0.4, -0.2) is 11.9 Å². The van der Waals surface area contributed by atoms with E-state index in [0.29, 0.717) is 0 Å². The summed E-state index contributed by atoms with van der Waals surface area (Å²) in [5.74, 6) is 0.0329. The second-order valence-corrected chi connectivity index (χ2v) is 4.03. The number of nitrogens with one attached hydrogen (secondary N) is 1. The van der Waals surface area contributed by atoms with Crippen molar-refractivity contribution in [1.29, 1.82) is 0 Å². The molecule has 1 rings (SSSR count). The lowest BCUT2D eigenvalue weighted by Crippen LogP contribution is -2.32. The van der Waals surface area contributed by atoms with E-state index in [1.165, 1.54) is 0 Å². The summed E-state index contributed by atoms with van der Waals surface area (Å²) in [5.41, 5.74) is 3.01. The highest BCUT2D eigenvalue weighted by atomic mass is 16.1. The third kappa shape index (κ3) is 2.82. The van der Waals surface area contributed by atoms with Crippen LogP contribution in [-0.2, 0) is 0 Å². The van der Waals surface area contributed by atoms with Gasteiger partial charge in [0, 0.05) is 11.6 Å². The zero-order valence-corrected chi connectivity index (χ0v) is 9.92. The standard InChI is InChI=1S/C13H19NO/c1-5-10(3)14-13(15)12-8-6-7-9(2)11(12)4/h6-8,10H,5H2,1-4H3,(H,14,15)/t10-/m0/s1. The predicted octanol–water partition coefficient (Wildman–Crippen LogP) is 2.83. The monoisotopic (exact) mass is 205 g/mol. The average molecular weight is 205 g/mol. The van der Waals surface area contributed by atoms with Gasteiger partial charge in [0.2, 0.25) is 0 Å². The van der Waals surface area contributed by atoms with Gasteiger partial charge in [-0.15, -0.1) is 0 Å². The summed E-state index contributed by atoms with van der Waals surface area (Å²) in [6, 6.07) is 6.06. The van der Waals surface area contributed by atoms with Gasteiger partial charge in [-0.3, -0.25) is 4.79 Å². The van der Waals surface area contributed by atoms with Gasteiger partial charge in [-0.2, -0.15) is 0 Å². The molecule has 1 amide bonds. The van der Waals surface area contributed by atoms with Crippen LogP contribution >= 0.6 is 0 Å². The molecule has 0 heterocycles. The molecule has 0 unspecified atom stereocenters. The van der Waals surface area contributed by atoms with E-state index < -0.39 is 0 Å². The zero-order chi connectivity index (χ0) is 11.4. The average Bonchev–Trinajstić information content (AvgIpc) is 2.21. The number of carbonyl (C=O) groups is 1. The minimum atomic E-state index is 0.0329. The van der Waals surface area contributed by atoms with Crippen LogP contribution < -0.4 is 5.32 Å². The third-order valence-electron chi connectivity index (χ3n) is 2.84. The molecular weight excluding hydrogens is 186 g/mol. The van der Waals surface area contributed by atoms with Gasteiger partial charge in [0.05, 0.1) is 0 Å². The molecule has 15 heavy (non-hydrogen) atoms. The second kappa shape index (κ2) is 4.96. The van der Waals surface area contributed by atoms with Crippen molar-refractivity contribution in [3.63, 3.8) is 0 Å². The van der Waals surface area contributed by atoms with E-state index in [-0.39, 0.29) is 11.9 Å². The van der Waals surface area contributed by atoms with Gasteiger partial charge in [0.25, 0.3) is 5.91 Å². The Morgan fingerprint density at radius 1 is 1.40 bits per heavy atom. The number of aryl methyl sites for hydroxylation is 1. The van der Waals surface area contributed by atoms with Crippen LogP contribution in [0.3, 0.4) is 0 Å². The molecule has 82 valence electrons. The molecule has 2 nitrogen and oxygen atoms in total. The lowest BCUT2D eigenvalue weighted by molar-refractivity contribution is 0.0938. The highest BCUT2D eigenvalue weighted by molar-refractivity contribution is 5.96. The van der Waals surface area contributed by atoms with Crippen molar-refractivity contribution in [3.8, 4) is 0 Å². The first kappa shape index (κ1) is 11.8. The van der Waals surface area contributed by atoms with Gasteiger partial charge >= 0.3 is 0 Å². The SMILES string of the molecule is CC[C@H](C)NC(=O)c1cccc(C)c1C. The summed E-state index contributed by atoms with van der Waals surface area (Å²) in [7, 11) is 0.